The van der Waals surface area contributed by atoms with E-state index in [0.717, 1.165) is 43.5 Å². The highest BCUT2D eigenvalue weighted by Gasteiger charge is 2.31. The molecule has 0 aliphatic carbocycles. The predicted molar refractivity (Wildman–Crippen MR) is 91.4 cm³/mol. The third kappa shape index (κ3) is 4.26. The number of alkyl halides is 3. The highest BCUT2D eigenvalue weighted by atomic mass is 19.4. The zero-order valence-corrected chi connectivity index (χ0v) is 15.3. The molecule has 1 atom stereocenters. The molecule has 1 unspecified atom stereocenters. The average Bonchev–Trinajstić information content (AvgIpc) is 3.04. The molecule has 0 radical (unpaired) electrons. The standard InChI is InChI=1S/C19H24F3N3O/c1-18(2,3)17-23-16(26-24-17)12-25-11-5-4-6-15(25)13-7-9-14(10-8-13)19(20,21)22/h7-10,15H,4-6,11-12H2,1-3H3. The highest BCUT2D eigenvalue weighted by Crippen LogP contribution is 2.35. The van der Waals surface area contributed by atoms with E-state index in [1.165, 1.54) is 0 Å². The molecule has 26 heavy (non-hydrogen) atoms. The molecule has 0 bridgehead atoms. The van der Waals surface area contributed by atoms with Gasteiger partial charge in [0, 0.05) is 11.5 Å². The lowest BCUT2D eigenvalue weighted by atomic mass is 9.94. The van der Waals surface area contributed by atoms with Crippen molar-refractivity contribution < 1.29 is 17.7 Å². The maximum absolute atomic E-state index is 12.8. The Bertz CT molecular complexity index is 732. The Balaban J connectivity index is 1.77. The topological polar surface area (TPSA) is 42.2 Å². The molecule has 0 amide bonds. The molecule has 3 rings (SSSR count). The molecule has 1 aliphatic heterocycles. The van der Waals surface area contributed by atoms with Crippen molar-refractivity contribution in [2.24, 2.45) is 0 Å². The third-order valence-corrected chi connectivity index (χ3v) is 4.71. The fourth-order valence-electron chi connectivity index (χ4n) is 3.25. The molecule has 1 saturated heterocycles. The van der Waals surface area contributed by atoms with Crippen LogP contribution in [-0.2, 0) is 18.1 Å². The van der Waals surface area contributed by atoms with Crippen molar-refractivity contribution in [3.63, 3.8) is 0 Å². The van der Waals surface area contributed by atoms with Gasteiger partial charge in [0.05, 0.1) is 12.1 Å². The molecule has 1 aliphatic rings. The number of rotatable bonds is 3. The summed E-state index contributed by atoms with van der Waals surface area (Å²) in [5.41, 5.74) is 0.0970. The Labute approximate surface area is 151 Å². The van der Waals surface area contributed by atoms with Gasteiger partial charge in [-0.2, -0.15) is 18.2 Å². The fraction of sp³-hybridized carbons (Fsp3) is 0.579. The lowest BCUT2D eigenvalue weighted by molar-refractivity contribution is -0.137. The Kier molecular flexibility index (Phi) is 5.10. The summed E-state index contributed by atoms with van der Waals surface area (Å²) in [6, 6.07) is 5.55. The molecule has 0 saturated carbocycles. The van der Waals surface area contributed by atoms with Crippen LogP contribution in [0.5, 0.6) is 0 Å². The normalized spacial score (nSPS) is 19.7. The van der Waals surface area contributed by atoms with Crippen LogP contribution in [-0.4, -0.2) is 21.6 Å². The van der Waals surface area contributed by atoms with Gasteiger partial charge < -0.3 is 4.52 Å². The lowest BCUT2D eigenvalue weighted by Gasteiger charge is -2.35. The molecule has 7 heteroatoms. The fourth-order valence-corrected chi connectivity index (χ4v) is 3.25. The maximum atomic E-state index is 12.8. The van der Waals surface area contributed by atoms with E-state index >= 15 is 0 Å². The van der Waals surface area contributed by atoms with E-state index in [4.69, 9.17) is 4.52 Å². The van der Waals surface area contributed by atoms with Crippen LogP contribution in [0.1, 0.15) is 68.9 Å². The van der Waals surface area contributed by atoms with Crippen LogP contribution in [0.3, 0.4) is 0 Å². The Morgan fingerprint density at radius 3 is 2.38 bits per heavy atom. The molecule has 142 valence electrons. The molecule has 1 aromatic carbocycles. The summed E-state index contributed by atoms with van der Waals surface area (Å²) in [6.45, 7) is 7.43. The van der Waals surface area contributed by atoms with Gasteiger partial charge in [-0.3, -0.25) is 4.90 Å². The average molecular weight is 367 g/mol. The first kappa shape index (κ1) is 18.9. The number of halogens is 3. The van der Waals surface area contributed by atoms with E-state index in [1.54, 1.807) is 12.1 Å². The molecule has 0 spiro atoms. The lowest BCUT2D eigenvalue weighted by Crippen LogP contribution is -2.33. The van der Waals surface area contributed by atoms with Gasteiger partial charge in [0.25, 0.3) is 0 Å². The first-order valence-electron chi connectivity index (χ1n) is 8.89. The van der Waals surface area contributed by atoms with Gasteiger partial charge in [-0.15, -0.1) is 0 Å². The van der Waals surface area contributed by atoms with Crippen molar-refractivity contribution >= 4 is 0 Å². The number of piperidine rings is 1. The third-order valence-electron chi connectivity index (χ3n) is 4.71. The quantitative estimate of drug-likeness (QED) is 0.756. The summed E-state index contributed by atoms with van der Waals surface area (Å²) in [5.74, 6) is 1.21. The summed E-state index contributed by atoms with van der Waals surface area (Å²) in [4.78, 5) is 6.70. The molecular weight excluding hydrogens is 343 g/mol. The van der Waals surface area contributed by atoms with Crippen molar-refractivity contribution in [2.45, 2.75) is 64.2 Å². The molecule has 0 N–H and O–H groups in total. The van der Waals surface area contributed by atoms with Gasteiger partial charge in [-0.05, 0) is 37.1 Å². The molecule has 2 aromatic rings. The Morgan fingerprint density at radius 1 is 1.12 bits per heavy atom. The van der Waals surface area contributed by atoms with Gasteiger partial charge in [-0.25, -0.2) is 0 Å². The van der Waals surface area contributed by atoms with Crippen molar-refractivity contribution in [3.8, 4) is 0 Å². The van der Waals surface area contributed by atoms with E-state index in [2.05, 4.69) is 15.0 Å². The predicted octanol–water partition coefficient (Wildman–Crippen LogP) is 5.11. The first-order chi connectivity index (χ1) is 12.1. The van der Waals surface area contributed by atoms with Gasteiger partial charge in [0.2, 0.25) is 5.89 Å². The Hall–Kier alpha value is -1.89. The van der Waals surface area contributed by atoms with Crippen molar-refractivity contribution in [3.05, 3.63) is 47.1 Å². The molecular formula is C19H24F3N3O. The summed E-state index contributed by atoms with van der Waals surface area (Å²) < 4.78 is 43.8. The van der Waals surface area contributed by atoms with Gasteiger partial charge in [0.15, 0.2) is 5.82 Å². The van der Waals surface area contributed by atoms with E-state index in [9.17, 15) is 13.2 Å². The molecule has 1 fully saturated rings. The zero-order valence-electron chi connectivity index (χ0n) is 15.3. The number of benzene rings is 1. The molecule has 2 heterocycles. The van der Waals surface area contributed by atoms with Crippen LogP contribution in [0.2, 0.25) is 0 Å². The van der Waals surface area contributed by atoms with Crippen LogP contribution in [0, 0.1) is 0 Å². The number of nitrogens with zero attached hydrogens (tertiary/aromatic N) is 3. The smallest absolute Gasteiger partial charge is 0.338 e. The van der Waals surface area contributed by atoms with Crippen molar-refractivity contribution in [1.29, 1.82) is 0 Å². The van der Waals surface area contributed by atoms with Gasteiger partial charge in [0.1, 0.15) is 0 Å². The Morgan fingerprint density at radius 2 is 1.81 bits per heavy atom. The van der Waals surface area contributed by atoms with E-state index < -0.39 is 11.7 Å². The van der Waals surface area contributed by atoms with E-state index in [0.29, 0.717) is 18.3 Å². The summed E-state index contributed by atoms with van der Waals surface area (Å²) in [6.07, 6.45) is -1.29. The summed E-state index contributed by atoms with van der Waals surface area (Å²) in [5, 5.41) is 4.05. The first-order valence-corrected chi connectivity index (χ1v) is 8.89. The zero-order chi connectivity index (χ0) is 18.9. The second kappa shape index (κ2) is 7.02. The minimum atomic E-state index is -4.31. The molecule has 4 nitrogen and oxygen atoms in total. The van der Waals surface area contributed by atoms with Crippen molar-refractivity contribution in [2.75, 3.05) is 6.54 Å². The second-order valence-corrected chi connectivity index (χ2v) is 7.86. The largest absolute Gasteiger partial charge is 0.416 e. The van der Waals surface area contributed by atoms with E-state index in [-0.39, 0.29) is 11.5 Å². The van der Waals surface area contributed by atoms with Crippen LogP contribution in [0.4, 0.5) is 13.2 Å². The maximum Gasteiger partial charge on any atom is 0.416 e. The monoisotopic (exact) mass is 367 g/mol. The number of likely N-dealkylation sites (tertiary alicyclic amines) is 1. The van der Waals surface area contributed by atoms with Gasteiger partial charge >= 0.3 is 6.18 Å². The SMILES string of the molecule is CC(C)(C)c1noc(CN2CCCCC2c2ccc(C(F)(F)F)cc2)n1. The number of hydrogen-bond acceptors (Lipinski definition) is 4. The van der Waals surface area contributed by atoms with Crippen molar-refractivity contribution in [1.82, 2.24) is 15.0 Å². The van der Waals surface area contributed by atoms with Crippen LogP contribution in [0.25, 0.3) is 0 Å². The van der Waals surface area contributed by atoms with Crippen LogP contribution >= 0.6 is 0 Å². The van der Waals surface area contributed by atoms with E-state index in [1.807, 2.05) is 20.8 Å². The number of aromatic nitrogens is 2. The second-order valence-electron chi connectivity index (χ2n) is 7.86. The highest BCUT2D eigenvalue weighted by molar-refractivity contribution is 5.27. The minimum absolute atomic E-state index is 0.0658. The summed E-state index contributed by atoms with van der Waals surface area (Å²) in [7, 11) is 0. The van der Waals surface area contributed by atoms with Gasteiger partial charge in [-0.1, -0.05) is 44.5 Å². The van der Waals surface area contributed by atoms with Crippen LogP contribution < -0.4 is 0 Å². The van der Waals surface area contributed by atoms with Crippen LogP contribution in [0.15, 0.2) is 28.8 Å². The summed E-state index contributed by atoms with van der Waals surface area (Å²) >= 11 is 0. The minimum Gasteiger partial charge on any atom is -0.338 e. The molecule has 1 aromatic heterocycles. The number of hydrogen-bond donors (Lipinski definition) is 0.